The summed E-state index contributed by atoms with van der Waals surface area (Å²) < 4.78 is 184. The normalized spacial score (nSPS) is 48.7. The summed E-state index contributed by atoms with van der Waals surface area (Å²) in [6, 6.07) is 0. The molecule has 0 spiro atoms. The molecule has 0 N–H and O–H groups in total. The summed E-state index contributed by atoms with van der Waals surface area (Å²) in [5.41, 5.74) is 0. The van der Waals surface area contributed by atoms with Crippen LogP contribution in [0.25, 0.3) is 0 Å². The van der Waals surface area contributed by atoms with E-state index < -0.39 is 215 Å². The Labute approximate surface area is 591 Å². The second-order valence-corrected chi connectivity index (χ2v) is 26.9. The van der Waals surface area contributed by atoms with Gasteiger partial charge in [-0.25, -0.2) is 0 Å². The first-order chi connectivity index (χ1) is 44.2. The van der Waals surface area contributed by atoms with Crippen LogP contribution in [0.4, 0.5) is 0 Å². The molecule has 21 fully saturated rings. The number of alkyl halides is 7. The molecule has 35 atom stereocenters. The number of rotatable bonds is 21. The van der Waals surface area contributed by atoms with E-state index in [9.17, 15) is 0 Å². The zero-order chi connectivity index (χ0) is 66.0. The Bertz CT molecular complexity index is 1720. The van der Waals surface area contributed by atoms with Gasteiger partial charge in [-0.1, -0.05) is 112 Å². The predicted octanol–water partition coefficient (Wildman–Crippen LogP) is 3.75. The highest BCUT2D eigenvalue weighted by Gasteiger charge is 2.62. The lowest BCUT2D eigenvalue weighted by molar-refractivity contribution is -0.394. The zero-order valence-corrected chi connectivity index (χ0v) is 64.3. The van der Waals surface area contributed by atoms with E-state index in [1.807, 2.05) is 0 Å². The summed E-state index contributed by atoms with van der Waals surface area (Å²) in [6.07, 6.45) is -31.3. The van der Waals surface area contributed by atoms with Crippen LogP contribution >= 0.6 is 112 Å². The second-order valence-electron chi connectivity index (χ2n) is 22.4. The third-order valence-corrected chi connectivity index (χ3v) is 22.5. The standard InChI is InChI=1S/C56H91Br7O28/c1-64-36-29-22(15-57)78-50(43(36)71-8)86-30-23(16-58)80-52(45(73-10)37(30)65-2)88-32-25(18-60)82-54(47(75-12)39(32)67-4)90-34-27(20-62)84-56(49(77-14)41(34)69-6)91-35-28(21-63)83-55(48(76-13)42(35)70-7)89-33-26(19-61)81-53(46(74-11)40(33)68-5)87-31-24(17-59)79-51(85-29)44(72-9)38(31)66-3/h22-56H,15-21H2,1-14H3/t22-,23-,24-,25-,26-,27+,28+,29-,30-,31-,32-,33-,34-,35-,36-,37+,38-,39+,40-,41+,42+,43+,44+,45-,46+,47-,48-,49-,50-,51-,52-,53-,54-,55-,56-/m1/s1. The fourth-order valence-electron chi connectivity index (χ4n) is 13.6. The number of methoxy groups -OCH3 is 14. The summed E-state index contributed by atoms with van der Waals surface area (Å²) in [6.45, 7) is 0. The molecule has 0 aromatic carbocycles. The van der Waals surface area contributed by atoms with Crippen molar-refractivity contribution >= 4 is 112 Å². The molecule has 0 saturated carbocycles. The smallest absolute Gasteiger partial charge is 0.187 e. The van der Waals surface area contributed by atoms with Gasteiger partial charge in [-0.15, -0.1) is 0 Å². The molecule has 28 nitrogen and oxygen atoms in total. The first-order valence-electron chi connectivity index (χ1n) is 29.7. The van der Waals surface area contributed by atoms with Crippen LogP contribution in [0.1, 0.15) is 0 Å². The topological polar surface area (TPSA) is 258 Å². The van der Waals surface area contributed by atoms with Crippen molar-refractivity contribution in [2.75, 3.05) is 137 Å². The largest absolute Gasteiger partial charge is 0.376 e. The van der Waals surface area contributed by atoms with Crippen molar-refractivity contribution in [1.29, 1.82) is 0 Å². The lowest BCUT2D eigenvalue weighted by Gasteiger charge is -2.52. The van der Waals surface area contributed by atoms with E-state index in [-0.39, 0.29) is 37.3 Å². The number of hydrogen-bond donors (Lipinski definition) is 0. The lowest BCUT2D eigenvalue weighted by atomic mass is 9.95. The molecule has 14 bridgehead atoms. The van der Waals surface area contributed by atoms with Crippen LogP contribution in [0.2, 0.25) is 0 Å². The summed E-state index contributed by atoms with van der Waals surface area (Å²) in [5, 5.41) is 1.77. The van der Waals surface area contributed by atoms with Crippen LogP contribution in [0.3, 0.4) is 0 Å². The Hall–Kier alpha value is 2.24. The predicted molar refractivity (Wildman–Crippen MR) is 342 cm³/mol. The van der Waals surface area contributed by atoms with Gasteiger partial charge in [0.25, 0.3) is 0 Å². The van der Waals surface area contributed by atoms with E-state index in [4.69, 9.17) is 133 Å². The van der Waals surface area contributed by atoms with Crippen LogP contribution in [0.15, 0.2) is 0 Å². The van der Waals surface area contributed by atoms with Gasteiger partial charge >= 0.3 is 0 Å². The Kier molecular flexibility index (Phi) is 32.9. The van der Waals surface area contributed by atoms with Crippen molar-refractivity contribution in [3.8, 4) is 0 Å². The minimum Gasteiger partial charge on any atom is -0.376 e. The maximum absolute atomic E-state index is 6.99. The Balaban J connectivity index is 1.19. The van der Waals surface area contributed by atoms with Crippen molar-refractivity contribution in [3.05, 3.63) is 0 Å². The van der Waals surface area contributed by atoms with E-state index in [1.54, 1.807) is 49.8 Å². The molecule has 0 aromatic rings. The first kappa shape index (κ1) is 79.0. The minimum absolute atomic E-state index is 0.252. The average molecular weight is 1770 g/mol. The molecule has 21 rings (SSSR count). The maximum atomic E-state index is 6.99. The summed E-state index contributed by atoms with van der Waals surface area (Å²) in [4.78, 5) is 0. The fourth-order valence-corrected chi connectivity index (χ4v) is 17.3. The van der Waals surface area contributed by atoms with Gasteiger partial charge < -0.3 is 133 Å². The van der Waals surface area contributed by atoms with E-state index >= 15 is 0 Å². The molecular weight excluding hydrogens is 1680 g/mol. The third kappa shape index (κ3) is 16.7. The van der Waals surface area contributed by atoms with E-state index in [0.717, 1.165) is 0 Å². The van der Waals surface area contributed by atoms with Crippen molar-refractivity contribution < 1.29 is 133 Å². The number of halogens is 7. The molecule has 21 saturated heterocycles. The molecule has 532 valence electrons. The summed E-state index contributed by atoms with van der Waals surface area (Å²) >= 11 is 25.9. The monoisotopic (exact) mass is 1760 g/mol. The maximum Gasteiger partial charge on any atom is 0.187 e. The van der Waals surface area contributed by atoms with Crippen LogP contribution in [0.5, 0.6) is 0 Å². The van der Waals surface area contributed by atoms with E-state index in [2.05, 4.69) is 112 Å². The van der Waals surface area contributed by atoms with Crippen LogP contribution < -0.4 is 0 Å². The molecule has 0 radical (unpaired) electrons. The van der Waals surface area contributed by atoms with Crippen LogP contribution in [-0.4, -0.2) is 352 Å². The van der Waals surface area contributed by atoms with Gasteiger partial charge in [0.1, 0.15) is 128 Å². The van der Waals surface area contributed by atoms with Crippen LogP contribution in [0, 0.1) is 0 Å². The third-order valence-electron chi connectivity index (χ3n) is 18.1. The molecular formula is C56H91Br7O28. The Morgan fingerprint density at radius 3 is 0.341 bits per heavy atom. The van der Waals surface area contributed by atoms with Crippen molar-refractivity contribution in [2.24, 2.45) is 0 Å². The molecule has 21 aliphatic heterocycles. The number of ether oxygens (including phenoxy) is 28. The van der Waals surface area contributed by atoms with Gasteiger partial charge in [-0.05, 0) is 0 Å². The van der Waals surface area contributed by atoms with Gasteiger partial charge in [-0.2, -0.15) is 0 Å². The molecule has 0 aliphatic carbocycles. The molecule has 21 aliphatic rings. The van der Waals surface area contributed by atoms with Crippen molar-refractivity contribution in [1.82, 2.24) is 0 Å². The zero-order valence-electron chi connectivity index (χ0n) is 53.2. The molecule has 0 unspecified atom stereocenters. The highest BCUT2D eigenvalue weighted by Crippen LogP contribution is 2.43. The quantitative estimate of drug-likeness (QED) is 0.148. The minimum atomic E-state index is -1.10. The molecule has 0 aromatic heterocycles. The summed E-state index contributed by atoms with van der Waals surface area (Å²) in [5.74, 6) is 0. The molecule has 0 amide bonds. The van der Waals surface area contributed by atoms with E-state index in [1.165, 1.54) is 49.8 Å². The Morgan fingerprint density at radius 1 is 0.165 bits per heavy atom. The highest BCUT2D eigenvalue weighted by molar-refractivity contribution is 9.10. The molecule has 35 heteroatoms. The second kappa shape index (κ2) is 38.0. The Morgan fingerprint density at radius 2 is 0.264 bits per heavy atom. The van der Waals surface area contributed by atoms with Gasteiger partial charge in [0.2, 0.25) is 0 Å². The lowest BCUT2D eigenvalue weighted by Crippen LogP contribution is -2.69. The highest BCUT2D eigenvalue weighted by atomic mass is 79.9. The first-order valence-corrected chi connectivity index (χ1v) is 37.5. The van der Waals surface area contributed by atoms with Crippen molar-refractivity contribution in [3.63, 3.8) is 0 Å². The molecule has 21 heterocycles. The van der Waals surface area contributed by atoms with Gasteiger partial charge in [0, 0.05) is 137 Å². The van der Waals surface area contributed by atoms with Gasteiger partial charge in [0.05, 0.1) is 42.7 Å². The average Bonchev–Trinajstić information content (AvgIpc) is 0.788. The number of hydrogen-bond acceptors (Lipinski definition) is 28. The van der Waals surface area contributed by atoms with Crippen molar-refractivity contribution in [2.45, 2.75) is 215 Å². The fraction of sp³-hybridized carbons (Fsp3) is 1.00. The van der Waals surface area contributed by atoms with Crippen LogP contribution in [-0.2, 0) is 133 Å². The molecule has 91 heavy (non-hydrogen) atoms. The van der Waals surface area contributed by atoms with E-state index in [0.29, 0.717) is 0 Å². The van der Waals surface area contributed by atoms with Gasteiger partial charge in [-0.3, -0.25) is 0 Å². The summed E-state index contributed by atoms with van der Waals surface area (Å²) in [7, 11) is 21.6. The van der Waals surface area contributed by atoms with Gasteiger partial charge in [0.15, 0.2) is 44.0 Å². The SMILES string of the molecule is CO[C@@H]1[C@@H](OC)[C@H]2O[C@H]3[C@@H](OC)[C@H](OC)[C@@H](O[C@H]4[C@@H](OC)[C@H](OC)[C@@H](O[C@H]5[C@@H](OC)[C@H](OC)[C@@H](O[C@H]6[C@H](OC)[C@@H](OC)[C@@H](O[C@H]7[C@H](OC)[C@@H](OC)[C@@H](O[C@H]8[C@H](OC)[C@@H](OC)[C@@H](O[C@@H]1[C@H](CBr)O2)O[C@H]8CBr)O[C@@H]7CBr)O[C@@H]6CBr)O[C@@H]5CBr)O[C@@H]4CBr)O[C@@H]3CBr.